The normalized spacial score (nSPS) is 14.8. The number of aromatic nitrogens is 1. The van der Waals surface area contributed by atoms with Gasteiger partial charge in [0.2, 0.25) is 0 Å². The minimum absolute atomic E-state index is 0.695. The number of nitrogens with zero attached hydrogens (tertiary/aromatic N) is 2. The summed E-state index contributed by atoms with van der Waals surface area (Å²) in [5.41, 5.74) is 2.49. The highest BCUT2D eigenvalue weighted by Gasteiger charge is 2.29. The third kappa shape index (κ3) is 4.48. The van der Waals surface area contributed by atoms with Crippen molar-refractivity contribution in [1.82, 2.24) is 10.3 Å². The summed E-state index contributed by atoms with van der Waals surface area (Å²) in [4.78, 5) is 7.25. The second-order valence-electron chi connectivity index (χ2n) is 6.42. The van der Waals surface area contributed by atoms with Crippen LogP contribution < -0.4 is 10.2 Å². The first-order chi connectivity index (χ1) is 9.60. The van der Waals surface area contributed by atoms with Crippen molar-refractivity contribution in [3.8, 4) is 0 Å². The molecule has 1 aromatic rings. The Labute approximate surface area is 123 Å². The molecule has 1 saturated carbocycles. The molecule has 0 spiro atoms. The summed E-state index contributed by atoms with van der Waals surface area (Å²) in [7, 11) is 0. The molecule has 20 heavy (non-hydrogen) atoms. The van der Waals surface area contributed by atoms with Crippen LogP contribution in [0.25, 0.3) is 0 Å². The van der Waals surface area contributed by atoms with E-state index in [0.29, 0.717) is 5.92 Å². The summed E-state index contributed by atoms with van der Waals surface area (Å²) < 4.78 is 0. The van der Waals surface area contributed by atoms with Gasteiger partial charge in [0.15, 0.2) is 0 Å². The van der Waals surface area contributed by atoms with Gasteiger partial charge in [0, 0.05) is 24.8 Å². The van der Waals surface area contributed by atoms with Crippen LogP contribution in [-0.4, -0.2) is 24.1 Å². The van der Waals surface area contributed by atoms with Crippen LogP contribution in [0.2, 0.25) is 0 Å². The Balaban J connectivity index is 2.06. The average Bonchev–Trinajstić information content (AvgIpc) is 3.19. The fourth-order valence-corrected chi connectivity index (χ4v) is 2.59. The monoisotopic (exact) mass is 275 g/mol. The second-order valence-corrected chi connectivity index (χ2v) is 6.42. The summed E-state index contributed by atoms with van der Waals surface area (Å²) in [6, 6.07) is 5.21. The van der Waals surface area contributed by atoms with Crippen LogP contribution >= 0.6 is 0 Å². The maximum atomic E-state index is 4.76. The lowest BCUT2D eigenvalue weighted by Gasteiger charge is -2.24. The summed E-state index contributed by atoms with van der Waals surface area (Å²) >= 11 is 0. The first kappa shape index (κ1) is 15.3. The van der Waals surface area contributed by atoms with Gasteiger partial charge in [-0.05, 0) is 56.3 Å². The summed E-state index contributed by atoms with van der Waals surface area (Å²) in [6.07, 6.45) is 3.85. The van der Waals surface area contributed by atoms with E-state index in [1.165, 1.54) is 30.6 Å². The standard InChI is InChI=1S/C17H29N3/c1-5-8-20(16-6-7-16)17-10-15(9-14(4)19-17)12-18-11-13(2)3/h9-10,13,16,18H,5-8,11-12H2,1-4H3. The number of nitrogens with one attached hydrogen (secondary N) is 1. The van der Waals surface area contributed by atoms with Crippen LogP contribution in [0.15, 0.2) is 12.1 Å². The molecule has 0 unspecified atom stereocenters. The molecule has 0 aromatic carbocycles. The van der Waals surface area contributed by atoms with Gasteiger partial charge in [0.25, 0.3) is 0 Å². The second kappa shape index (κ2) is 7.07. The molecule has 1 aromatic heterocycles. The van der Waals surface area contributed by atoms with Crippen LogP contribution in [0.5, 0.6) is 0 Å². The van der Waals surface area contributed by atoms with Gasteiger partial charge < -0.3 is 10.2 Å². The summed E-state index contributed by atoms with van der Waals surface area (Å²) in [5, 5.41) is 3.53. The SMILES string of the molecule is CCCN(c1cc(CNCC(C)C)cc(C)n1)C1CC1. The third-order valence-corrected chi connectivity index (χ3v) is 3.63. The lowest BCUT2D eigenvalue weighted by Crippen LogP contribution is -2.28. The predicted octanol–water partition coefficient (Wildman–Crippen LogP) is 3.51. The maximum absolute atomic E-state index is 4.76. The van der Waals surface area contributed by atoms with E-state index in [1.54, 1.807) is 0 Å². The number of hydrogen-bond donors (Lipinski definition) is 1. The van der Waals surface area contributed by atoms with Crippen LogP contribution in [0.1, 0.15) is 51.3 Å². The Morgan fingerprint density at radius 3 is 2.70 bits per heavy atom. The molecule has 3 heteroatoms. The Bertz CT molecular complexity index is 424. The Kier molecular flexibility index (Phi) is 5.41. The third-order valence-electron chi connectivity index (χ3n) is 3.63. The molecule has 1 N–H and O–H groups in total. The van der Waals surface area contributed by atoms with Gasteiger partial charge in [-0.2, -0.15) is 0 Å². The van der Waals surface area contributed by atoms with Gasteiger partial charge in [0.1, 0.15) is 5.82 Å². The first-order valence-electron chi connectivity index (χ1n) is 8.05. The molecular weight excluding hydrogens is 246 g/mol. The highest BCUT2D eigenvalue weighted by atomic mass is 15.2. The number of pyridine rings is 1. The van der Waals surface area contributed by atoms with Crippen LogP contribution in [0.4, 0.5) is 5.82 Å². The zero-order valence-corrected chi connectivity index (χ0v) is 13.4. The van der Waals surface area contributed by atoms with Crippen molar-refractivity contribution in [3.63, 3.8) is 0 Å². The van der Waals surface area contributed by atoms with Crippen molar-refractivity contribution in [2.75, 3.05) is 18.0 Å². The van der Waals surface area contributed by atoms with Gasteiger partial charge in [0.05, 0.1) is 0 Å². The van der Waals surface area contributed by atoms with Gasteiger partial charge in [-0.3, -0.25) is 0 Å². The molecule has 0 atom stereocenters. The van der Waals surface area contributed by atoms with E-state index < -0.39 is 0 Å². The Hall–Kier alpha value is -1.09. The van der Waals surface area contributed by atoms with E-state index in [9.17, 15) is 0 Å². The summed E-state index contributed by atoms with van der Waals surface area (Å²) in [6.45, 7) is 12.0. The predicted molar refractivity (Wildman–Crippen MR) is 86.2 cm³/mol. The minimum Gasteiger partial charge on any atom is -0.354 e. The van der Waals surface area contributed by atoms with Crippen molar-refractivity contribution >= 4 is 5.82 Å². The Morgan fingerprint density at radius 1 is 1.35 bits per heavy atom. The molecule has 0 amide bonds. The minimum atomic E-state index is 0.695. The highest BCUT2D eigenvalue weighted by molar-refractivity contribution is 5.45. The molecule has 1 aliphatic rings. The van der Waals surface area contributed by atoms with E-state index >= 15 is 0 Å². The number of hydrogen-bond acceptors (Lipinski definition) is 3. The number of anilines is 1. The van der Waals surface area contributed by atoms with Crippen molar-refractivity contribution in [2.45, 2.75) is 59.5 Å². The topological polar surface area (TPSA) is 28.2 Å². The van der Waals surface area contributed by atoms with E-state index in [0.717, 1.165) is 31.4 Å². The lowest BCUT2D eigenvalue weighted by molar-refractivity contribution is 0.552. The fraction of sp³-hybridized carbons (Fsp3) is 0.706. The van der Waals surface area contributed by atoms with Crippen LogP contribution in [-0.2, 0) is 6.54 Å². The number of aryl methyl sites for hydroxylation is 1. The molecule has 0 aliphatic heterocycles. The molecule has 1 heterocycles. The lowest BCUT2D eigenvalue weighted by atomic mass is 10.2. The quantitative estimate of drug-likeness (QED) is 0.787. The van der Waals surface area contributed by atoms with E-state index in [4.69, 9.17) is 4.98 Å². The molecular formula is C17H29N3. The van der Waals surface area contributed by atoms with Crippen molar-refractivity contribution in [1.29, 1.82) is 0 Å². The highest BCUT2D eigenvalue weighted by Crippen LogP contribution is 2.31. The molecule has 3 nitrogen and oxygen atoms in total. The molecule has 112 valence electrons. The van der Waals surface area contributed by atoms with Crippen LogP contribution in [0, 0.1) is 12.8 Å². The Morgan fingerprint density at radius 2 is 2.10 bits per heavy atom. The first-order valence-corrected chi connectivity index (χ1v) is 8.05. The van der Waals surface area contributed by atoms with Gasteiger partial charge in [-0.25, -0.2) is 4.98 Å². The molecule has 0 saturated heterocycles. The summed E-state index contributed by atoms with van der Waals surface area (Å²) in [5.74, 6) is 1.87. The van der Waals surface area contributed by atoms with E-state index in [2.05, 4.69) is 50.0 Å². The molecule has 0 radical (unpaired) electrons. The van der Waals surface area contributed by atoms with Gasteiger partial charge in [-0.15, -0.1) is 0 Å². The average molecular weight is 275 g/mol. The van der Waals surface area contributed by atoms with Crippen molar-refractivity contribution in [3.05, 3.63) is 23.4 Å². The zero-order valence-electron chi connectivity index (χ0n) is 13.4. The largest absolute Gasteiger partial charge is 0.354 e. The number of rotatable bonds is 8. The van der Waals surface area contributed by atoms with Crippen molar-refractivity contribution < 1.29 is 0 Å². The molecule has 1 aliphatic carbocycles. The maximum Gasteiger partial charge on any atom is 0.129 e. The van der Waals surface area contributed by atoms with Gasteiger partial charge in [-0.1, -0.05) is 20.8 Å². The molecule has 0 bridgehead atoms. The van der Waals surface area contributed by atoms with E-state index in [1.807, 2.05) is 0 Å². The van der Waals surface area contributed by atoms with E-state index in [-0.39, 0.29) is 0 Å². The zero-order chi connectivity index (χ0) is 14.5. The molecule has 2 rings (SSSR count). The van der Waals surface area contributed by atoms with Crippen LogP contribution in [0.3, 0.4) is 0 Å². The smallest absolute Gasteiger partial charge is 0.129 e. The fourth-order valence-electron chi connectivity index (χ4n) is 2.59. The van der Waals surface area contributed by atoms with Crippen molar-refractivity contribution in [2.24, 2.45) is 5.92 Å². The molecule has 1 fully saturated rings. The van der Waals surface area contributed by atoms with Gasteiger partial charge >= 0.3 is 0 Å².